The van der Waals surface area contributed by atoms with Gasteiger partial charge in [-0.1, -0.05) is 19.9 Å². The van der Waals surface area contributed by atoms with E-state index in [2.05, 4.69) is 46.5 Å². The van der Waals surface area contributed by atoms with Crippen LogP contribution in [-0.2, 0) is 33.8 Å². The number of aryl methyl sites for hydroxylation is 3. The molecule has 2 aliphatic carbocycles. The number of nitrogens with one attached hydrogen (secondary N) is 1. The van der Waals surface area contributed by atoms with E-state index in [4.69, 9.17) is 19.1 Å². The van der Waals surface area contributed by atoms with E-state index in [-0.39, 0.29) is 34.3 Å². The van der Waals surface area contributed by atoms with Crippen LogP contribution < -0.4 is 5.32 Å². The molecule has 4 aliphatic heterocycles. The Bertz CT molecular complexity index is 2040. The van der Waals surface area contributed by atoms with Crippen LogP contribution in [-0.4, -0.2) is 52.0 Å². The molecule has 6 aliphatic rings. The second kappa shape index (κ2) is 11.9. The lowest BCUT2D eigenvalue weighted by molar-refractivity contribution is -0.117. The first-order chi connectivity index (χ1) is 23.7. The largest absolute Gasteiger partial charge is 0.421 e. The Morgan fingerprint density at radius 1 is 1.10 bits per heavy atom. The first-order valence-corrected chi connectivity index (χ1v) is 20.3. The fraction of sp³-hybridized carbons (Fsp3) is 0.541. The zero-order valence-electron chi connectivity index (χ0n) is 28.2. The van der Waals surface area contributed by atoms with Gasteiger partial charge in [-0.3, -0.25) is 9.97 Å². The molecule has 10 nitrogen and oxygen atoms in total. The van der Waals surface area contributed by atoms with Gasteiger partial charge in [-0.15, -0.1) is 22.0 Å². The predicted molar refractivity (Wildman–Crippen MR) is 186 cm³/mol. The Morgan fingerprint density at radius 3 is 2.71 bits per heavy atom. The Kier molecular flexibility index (Phi) is 7.66. The number of thioether (sulfide) groups is 1. The lowest BCUT2D eigenvalue weighted by Crippen LogP contribution is -2.42. The molecule has 1 N–H and O–H groups in total. The molecule has 0 aromatic carbocycles. The SMILES string of the molecule is Cc1nnc(-c2c(CCC34CCC(CC3)OC4)nc3c(c2C2Cc4ccnc(N[C@@H]5CCc6ncccc65)c4S2)S(=O)(=O)CC3C(C)C)o1. The van der Waals surface area contributed by atoms with Crippen LogP contribution in [0.5, 0.6) is 0 Å². The van der Waals surface area contributed by atoms with Gasteiger partial charge in [-0.25, -0.2) is 13.4 Å². The first-order valence-electron chi connectivity index (χ1n) is 17.7. The van der Waals surface area contributed by atoms with Crippen LogP contribution in [0.25, 0.3) is 11.5 Å². The van der Waals surface area contributed by atoms with Crippen LogP contribution >= 0.6 is 11.8 Å². The maximum Gasteiger partial charge on any atom is 0.249 e. The van der Waals surface area contributed by atoms with Gasteiger partial charge >= 0.3 is 0 Å². The standard InChI is InChI=1S/C37H42N6O4S2/c1-20(2)25-18-49(44,45)34-31(29-17-22-11-16-39-35(33(22)48-29)41-27-7-6-26-24(27)5-4-15-38-26)30(36-43-42-21(3)47-36)28(40-32(25)34)10-14-37-12-8-23(9-13-37)46-19-37/h4-5,11,15-16,20,23,25,27,29H,6-10,12-14,17-19H2,1-3H3,(H,39,41)/t23?,25?,27-,29?,37?/m1/s1. The van der Waals surface area contributed by atoms with Crippen LogP contribution in [0, 0.1) is 18.3 Å². The number of pyridine rings is 3. The minimum atomic E-state index is -3.63. The van der Waals surface area contributed by atoms with Gasteiger partial charge in [0.25, 0.3) is 0 Å². The smallest absolute Gasteiger partial charge is 0.249 e. The minimum Gasteiger partial charge on any atom is -0.421 e. The summed E-state index contributed by atoms with van der Waals surface area (Å²) in [6, 6.07) is 6.33. The molecule has 0 amide bonds. The Balaban J connectivity index is 1.16. The van der Waals surface area contributed by atoms with E-state index >= 15 is 0 Å². The third-order valence-electron chi connectivity index (χ3n) is 11.7. The topological polar surface area (TPSA) is 133 Å². The summed E-state index contributed by atoms with van der Waals surface area (Å²) < 4.78 is 40.9. The fourth-order valence-corrected chi connectivity index (χ4v) is 12.7. The molecule has 3 atom stereocenters. The van der Waals surface area contributed by atoms with E-state index in [9.17, 15) is 8.42 Å². The molecule has 0 spiro atoms. The number of hydrogen-bond acceptors (Lipinski definition) is 11. The average Bonchev–Trinajstić information content (AvgIpc) is 3.89. The molecular weight excluding hydrogens is 657 g/mol. The Labute approximate surface area is 291 Å². The predicted octanol–water partition coefficient (Wildman–Crippen LogP) is 7.14. The number of sulfone groups is 1. The monoisotopic (exact) mass is 698 g/mol. The number of hydrogen-bond donors (Lipinski definition) is 1. The molecule has 256 valence electrons. The van der Waals surface area contributed by atoms with Gasteiger partial charge in [0.05, 0.1) is 51.2 Å². The molecule has 8 heterocycles. The van der Waals surface area contributed by atoms with Crippen molar-refractivity contribution < 1.29 is 17.6 Å². The van der Waals surface area contributed by atoms with Crippen molar-refractivity contribution in [1.82, 2.24) is 25.1 Å². The number of rotatable bonds is 8. The quantitative estimate of drug-likeness (QED) is 0.201. The highest BCUT2D eigenvalue weighted by atomic mass is 32.2. The van der Waals surface area contributed by atoms with E-state index in [1.807, 2.05) is 18.5 Å². The van der Waals surface area contributed by atoms with Crippen molar-refractivity contribution in [2.45, 2.75) is 112 Å². The van der Waals surface area contributed by atoms with E-state index < -0.39 is 9.84 Å². The fourth-order valence-electron chi connectivity index (χ4n) is 8.94. The molecule has 2 bridgehead atoms. The van der Waals surface area contributed by atoms with Crippen molar-refractivity contribution in [3.8, 4) is 11.5 Å². The summed E-state index contributed by atoms with van der Waals surface area (Å²) >= 11 is 1.69. The summed E-state index contributed by atoms with van der Waals surface area (Å²) in [5.41, 5.74) is 6.69. The zero-order valence-corrected chi connectivity index (χ0v) is 29.9. The van der Waals surface area contributed by atoms with Crippen molar-refractivity contribution in [2.75, 3.05) is 17.7 Å². The third-order valence-corrected chi connectivity index (χ3v) is 14.9. The highest BCUT2D eigenvalue weighted by molar-refractivity contribution is 8.00. The average molecular weight is 699 g/mol. The molecule has 2 saturated heterocycles. The summed E-state index contributed by atoms with van der Waals surface area (Å²) in [5, 5.41) is 12.3. The molecule has 49 heavy (non-hydrogen) atoms. The van der Waals surface area contributed by atoms with Crippen LogP contribution in [0.3, 0.4) is 0 Å². The number of anilines is 1. The highest BCUT2D eigenvalue weighted by Gasteiger charge is 2.46. The van der Waals surface area contributed by atoms with E-state index in [1.165, 1.54) is 5.56 Å². The van der Waals surface area contributed by atoms with Crippen LogP contribution in [0.4, 0.5) is 5.82 Å². The summed E-state index contributed by atoms with van der Waals surface area (Å²) in [7, 11) is -3.63. The first kappa shape index (κ1) is 31.6. The summed E-state index contributed by atoms with van der Waals surface area (Å²) in [6.45, 7) is 6.76. The van der Waals surface area contributed by atoms with Crippen LogP contribution in [0.2, 0.25) is 0 Å². The second-order valence-corrected chi connectivity index (χ2v) is 18.2. The number of nitrogens with zero attached hydrogens (tertiary/aromatic N) is 5. The number of ether oxygens (including phenoxy) is 1. The zero-order chi connectivity index (χ0) is 33.5. The third kappa shape index (κ3) is 5.40. The Morgan fingerprint density at radius 2 is 1.96 bits per heavy atom. The van der Waals surface area contributed by atoms with E-state index in [1.54, 1.807) is 18.7 Å². The van der Waals surface area contributed by atoms with Gasteiger partial charge in [-0.05, 0) is 92.4 Å². The van der Waals surface area contributed by atoms with Gasteiger partial charge in [0.2, 0.25) is 11.8 Å². The van der Waals surface area contributed by atoms with Crippen molar-refractivity contribution in [2.24, 2.45) is 11.3 Å². The molecular formula is C37H42N6O4S2. The normalized spacial score (nSPS) is 27.8. The molecule has 4 aromatic heterocycles. The molecule has 1 saturated carbocycles. The maximum absolute atomic E-state index is 14.3. The molecule has 4 aromatic rings. The molecule has 2 unspecified atom stereocenters. The van der Waals surface area contributed by atoms with Gasteiger partial charge in [-0.2, -0.15) is 0 Å². The molecule has 0 radical (unpaired) electrons. The van der Waals surface area contributed by atoms with Gasteiger partial charge in [0.15, 0.2) is 9.84 Å². The maximum atomic E-state index is 14.3. The van der Waals surface area contributed by atoms with Gasteiger partial charge < -0.3 is 14.5 Å². The molecule has 10 rings (SSSR count). The minimum absolute atomic E-state index is 0.0682. The van der Waals surface area contributed by atoms with E-state index in [0.29, 0.717) is 46.9 Å². The van der Waals surface area contributed by atoms with Crippen molar-refractivity contribution in [1.29, 1.82) is 0 Å². The summed E-state index contributed by atoms with van der Waals surface area (Å²) in [4.78, 5) is 16.2. The lowest BCUT2D eigenvalue weighted by Gasteiger charge is -2.46. The van der Waals surface area contributed by atoms with Gasteiger partial charge in [0, 0.05) is 41.7 Å². The summed E-state index contributed by atoms with van der Waals surface area (Å²) in [5.74, 6) is 1.65. The van der Waals surface area contributed by atoms with Crippen molar-refractivity contribution in [3.63, 3.8) is 0 Å². The lowest BCUT2D eigenvalue weighted by atomic mass is 9.68. The highest BCUT2D eigenvalue weighted by Crippen LogP contribution is 2.56. The summed E-state index contributed by atoms with van der Waals surface area (Å²) in [6.07, 6.45) is 12.8. The van der Waals surface area contributed by atoms with E-state index in [0.717, 1.165) is 84.8 Å². The number of aromatic nitrogens is 5. The van der Waals surface area contributed by atoms with Gasteiger partial charge in [0.1, 0.15) is 5.82 Å². The van der Waals surface area contributed by atoms with Crippen LogP contribution in [0.15, 0.2) is 44.8 Å². The second-order valence-electron chi connectivity index (χ2n) is 15.1. The van der Waals surface area contributed by atoms with Crippen LogP contribution in [0.1, 0.15) is 109 Å². The Hall–Kier alpha value is -3.35. The van der Waals surface area contributed by atoms with Crippen molar-refractivity contribution in [3.05, 3.63) is 70.3 Å². The molecule has 12 heteroatoms. The van der Waals surface area contributed by atoms with Crippen molar-refractivity contribution >= 4 is 27.4 Å². The number of fused-ring (bicyclic) bond motifs is 6. The molecule has 3 fully saturated rings.